The molecule has 7 nitrogen and oxygen atoms in total. The van der Waals surface area contributed by atoms with Crippen LogP contribution in [0.3, 0.4) is 0 Å². The van der Waals surface area contributed by atoms with Crippen LogP contribution >= 0.6 is 11.3 Å². The highest BCUT2D eigenvalue weighted by Crippen LogP contribution is 2.29. The summed E-state index contributed by atoms with van der Waals surface area (Å²) in [6.45, 7) is 7.45. The molecule has 26 heavy (non-hydrogen) atoms. The van der Waals surface area contributed by atoms with Gasteiger partial charge in [-0.1, -0.05) is 0 Å². The molecule has 0 amide bonds. The van der Waals surface area contributed by atoms with E-state index in [2.05, 4.69) is 38.0 Å². The average Bonchev–Trinajstić information content (AvgIpc) is 3.20. The third-order valence-electron chi connectivity index (χ3n) is 5.45. The Morgan fingerprint density at radius 2 is 1.96 bits per heavy atom. The Morgan fingerprint density at radius 1 is 1.12 bits per heavy atom. The molecule has 0 radical (unpaired) electrons. The second kappa shape index (κ2) is 6.59. The van der Waals surface area contributed by atoms with Crippen molar-refractivity contribution in [3.8, 4) is 0 Å². The average molecular weight is 369 g/mol. The van der Waals surface area contributed by atoms with Crippen LogP contribution in [0.25, 0.3) is 5.65 Å². The SMILES string of the molecule is Cc1ncc(CN2CCC(c3nnc4ccc(N5CCC5)nn34)CC2)s1. The van der Waals surface area contributed by atoms with E-state index in [0.717, 1.165) is 67.9 Å². The Morgan fingerprint density at radius 3 is 2.65 bits per heavy atom. The monoisotopic (exact) mass is 369 g/mol. The van der Waals surface area contributed by atoms with Crippen LogP contribution in [-0.4, -0.2) is 55.9 Å². The second-order valence-electron chi connectivity index (χ2n) is 7.26. The van der Waals surface area contributed by atoms with Gasteiger partial charge in [0.2, 0.25) is 0 Å². The summed E-state index contributed by atoms with van der Waals surface area (Å²) in [5.41, 5.74) is 0.854. The van der Waals surface area contributed by atoms with Crippen molar-refractivity contribution in [1.82, 2.24) is 29.7 Å². The molecule has 0 aromatic carbocycles. The minimum atomic E-state index is 0.434. The smallest absolute Gasteiger partial charge is 0.178 e. The number of piperidine rings is 1. The fraction of sp³-hybridized carbons (Fsp3) is 0.556. The third-order valence-corrected chi connectivity index (χ3v) is 6.35. The lowest BCUT2D eigenvalue weighted by Gasteiger charge is -2.32. The number of aryl methyl sites for hydroxylation is 1. The van der Waals surface area contributed by atoms with Crippen molar-refractivity contribution in [2.75, 3.05) is 31.1 Å². The Labute approximate surface area is 156 Å². The first-order valence-corrected chi connectivity index (χ1v) is 10.2. The minimum Gasteiger partial charge on any atom is -0.355 e. The number of hydrogen-bond donors (Lipinski definition) is 0. The maximum absolute atomic E-state index is 4.82. The summed E-state index contributed by atoms with van der Waals surface area (Å²) in [5, 5.41) is 14.8. The molecule has 2 saturated heterocycles. The summed E-state index contributed by atoms with van der Waals surface area (Å²) in [6.07, 6.45) is 5.48. The number of thiazole rings is 1. The summed E-state index contributed by atoms with van der Waals surface area (Å²) in [4.78, 5) is 10.5. The summed E-state index contributed by atoms with van der Waals surface area (Å²) >= 11 is 1.80. The van der Waals surface area contributed by atoms with Gasteiger partial charge in [-0.15, -0.1) is 26.6 Å². The molecule has 2 aliphatic heterocycles. The van der Waals surface area contributed by atoms with Crippen molar-refractivity contribution >= 4 is 22.8 Å². The standard InChI is InChI=1S/C18H23N7S/c1-13-19-11-15(26-13)12-23-9-5-14(6-10-23)18-21-20-16-3-4-17(22-25(16)18)24-7-2-8-24/h3-4,11,14H,2,5-10,12H2,1H3. The Balaban J connectivity index is 1.30. The molecule has 3 aromatic heterocycles. The molecule has 0 N–H and O–H groups in total. The molecule has 0 bridgehead atoms. The van der Waals surface area contributed by atoms with Gasteiger partial charge < -0.3 is 4.90 Å². The number of nitrogens with zero attached hydrogens (tertiary/aromatic N) is 7. The van der Waals surface area contributed by atoms with E-state index in [0.29, 0.717) is 5.92 Å². The molecule has 5 rings (SSSR count). The number of aromatic nitrogens is 5. The summed E-state index contributed by atoms with van der Waals surface area (Å²) in [6, 6.07) is 4.10. The number of hydrogen-bond acceptors (Lipinski definition) is 7. The molecular formula is C18H23N7S. The van der Waals surface area contributed by atoms with E-state index in [1.165, 1.54) is 11.3 Å². The number of fused-ring (bicyclic) bond motifs is 1. The van der Waals surface area contributed by atoms with Crippen LogP contribution in [0.4, 0.5) is 5.82 Å². The molecule has 0 atom stereocenters. The molecule has 2 aliphatic rings. The molecule has 3 aromatic rings. The lowest BCUT2D eigenvalue weighted by molar-refractivity contribution is 0.202. The van der Waals surface area contributed by atoms with Gasteiger partial charge in [0.05, 0.1) is 5.01 Å². The minimum absolute atomic E-state index is 0.434. The Hall–Kier alpha value is -2.06. The van der Waals surface area contributed by atoms with Crippen LogP contribution in [0, 0.1) is 6.92 Å². The fourth-order valence-corrected chi connectivity index (χ4v) is 4.65. The van der Waals surface area contributed by atoms with Gasteiger partial charge in [0.15, 0.2) is 11.5 Å². The summed E-state index contributed by atoms with van der Waals surface area (Å²) in [7, 11) is 0. The predicted molar refractivity (Wildman–Crippen MR) is 102 cm³/mol. The van der Waals surface area contributed by atoms with E-state index >= 15 is 0 Å². The second-order valence-corrected chi connectivity index (χ2v) is 8.58. The molecule has 5 heterocycles. The largest absolute Gasteiger partial charge is 0.355 e. The van der Waals surface area contributed by atoms with E-state index < -0.39 is 0 Å². The fourth-order valence-electron chi connectivity index (χ4n) is 3.81. The third kappa shape index (κ3) is 2.97. The van der Waals surface area contributed by atoms with Gasteiger partial charge in [-0.25, -0.2) is 4.98 Å². The Bertz CT molecular complexity index is 905. The van der Waals surface area contributed by atoms with E-state index in [1.54, 1.807) is 11.3 Å². The first-order valence-electron chi connectivity index (χ1n) is 9.37. The molecular weight excluding hydrogens is 346 g/mol. The van der Waals surface area contributed by atoms with Crippen molar-refractivity contribution in [2.45, 2.75) is 38.6 Å². The first kappa shape index (κ1) is 16.1. The highest BCUT2D eigenvalue weighted by Gasteiger charge is 2.26. The van der Waals surface area contributed by atoms with Gasteiger partial charge in [-0.2, -0.15) is 4.52 Å². The molecule has 0 aliphatic carbocycles. The van der Waals surface area contributed by atoms with Crippen molar-refractivity contribution < 1.29 is 0 Å². The van der Waals surface area contributed by atoms with E-state index in [1.807, 2.05) is 16.8 Å². The van der Waals surface area contributed by atoms with Gasteiger partial charge in [0.25, 0.3) is 0 Å². The molecule has 0 spiro atoms. The molecule has 2 fully saturated rings. The van der Waals surface area contributed by atoms with Crippen molar-refractivity contribution in [2.24, 2.45) is 0 Å². The zero-order valence-corrected chi connectivity index (χ0v) is 15.8. The van der Waals surface area contributed by atoms with Crippen molar-refractivity contribution in [1.29, 1.82) is 0 Å². The van der Waals surface area contributed by atoms with Crippen molar-refractivity contribution in [3.63, 3.8) is 0 Å². The van der Waals surface area contributed by atoms with Gasteiger partial charge in [0, 0.05) is 36.6 Å². The Kier molecular flexibility index (Phi) is 4.09. The normalized spacial score (nSPS) is 19.2. The zero-order chi connectivity index (χ0) is 17.5. The molecule has 0 unspecified atom stereocenters. The number of likely N-dealkylation sites (tertiary alicyclic amines) is 1. The van der Waals surface area contributed by atoms with Gasteiger partial charge in [0.1, 0.15) is 5.82 Å². The predicted octanol–water partition coefficient (Wildman–Crippen LogP) is 2.48. The van der Waals surface area contributed by atoms with Crippen LogP contribution in [0.1, 0.15) is 40.9 Å². The highest BCUT2D eigenvalue weighted by atomic mass is 32.1. The summed E-state index contributed by atoms with van der Waals surface area (Å²) < 4.78 is 1.97. The maximum atomic E-state index is 4.82. The first-order chi connectivity index (χ1) is 12.8. The van der Waals surface area contributed by atoms with Crippen LogP contribution < -0.4 is 4.90 Å². The van der Waals surface area contributed by atoms with Gasteiger partial charge in [-0.3, -0.25) is 4.90 Å². The number of anilines is 1. The van der Waals surface area contributed by atoms with Gasteiger partial charge in [-0.05, 0) is 51.4 Å². The van der Waals surface area contributed by atoms with Crippen LogP contribution in [0.5, 0.6) is 0 Å². The number of rotatable bonds is 4. The molecule has 0 saturated carbocycles. The van der Waals surface area contributed by atoms with Crippen LogP contribution in [-0.2, 0) is 6.54 Å². The zero-order valence-electron chi connectivity index (χ0n) is 15.0. The van der Waals surface area contributed by atoms with Gasteiger partial charge >= 0.3 is 0 Å². The molecule has 136 valence electrons. The lowest BCUT2D eigenvalue weighted by Crippen LogP contribution is -2.38. The van der Waals surface area contributed by atoms with E-state index in [-0.39, 0.29) is 0 Å². The quantitative estimate of drug-likeness (QED) is 0.704. The van der Waals surface area contributed by atoms with Crippen LogP contribution in [0.15, 0.2) is 18.3 Å². The van der Waals surface area contributed by atoms with E-state index in [4.69, 9.17) is 5.10 Å². The molecule has 8 heteroatoms. The van der Waals surface area contributed by atoms with E-state index in [9.17, 15) is 0 Å². The van der Waals surface area contributed by atoms with Crippen molar-refractivity contribution in [3.05, 3.63) is 34.0 Å². The lowest BCUT2D eigenvalue weighted by atomic mass is 9.96. The summed E-state index contributed by atoms with van der Waals surface area (Å²) in [5.74, 6) is 2.50. The topological polar surface area (TPSA) is 62.5 Å². The van der Waals surface area contributed by atoms with Crippen LogP contribution in [0.2, 0.25) is 0 Å². The highest BCUT2D eigenvalue weighted by molar-refractivity contribution is 7.11. The maximum Gasteiger partial charge on any atom is 0.178 e.